The number of aromatic nitrogens is 1. The lowest BCUT2D eigenvalue weighted by molar-refractivity contribution is 0.0729. The molecule has 2 heterocycles. The molecule has 0 aliphatic carbocycles. The first-order valence-electron chi connectivity index (χ1n) is 13.1. The second-order valence-corrected chi connectivity index (χ2v) is 10.7. The van der Waals surface area contributed by atoms with E-state index in [4.69, 9.17) is 35.3 Å². The first kappa shape index (κ1) is 29.1. The molecule has 0 fully saturated rings. The molecule has 44 heavy (non-hydrogen) atoms. The number of ether oxygens (including phenoxy) is 5. The van der Waals surface area contributed by atoms with Gasteiger partial charge in [-0.05, 0) is 60.2 Å². The number of hydrazone groups is 1. The van der Waals surface area contributed by atoms with Crippen LogP contribution in [0.2, 0.25) is 5.02 Å². The summed E-state index contributed by atoms with van der Waals surface area (Å²) in [6.45, 7) is 0.0992. The smallest absolute Gasteiger partial charge is 0.343 e. The molecule has 0 saturated carbocycles. The van der Waals surface area contributed by atoms with E-state index in [1.165, 1.54) is 13.3 Å². The lowest BCUT2D eigenvalue weighted by atomic mass is 10.0. The summed E-state index contributed by atoms with van der Waals surface area (Å²) in [7, 11) is 3.01. The van der Waals surface area contributed by atoms with E-state index in [-0.39, 0.29) is 18.2 Å². The molecule has 0 unspecified atom stereocenters. The molecule has 5 aromatic rings. The van der Waals surface area contributed by atoms with Crippen LogP contribution in [0.15, 0.2) is 82.4 Å². The summed E-state index contributed by atoms with van der Waals surface area (Å²) in [6, 6.07) is 20.5. The van der Waals surface area contributed by atoms with Crippen molar-refractivity contribution in [2.24, 2.45) is 5.10 Å². The molecule has 4 aromatic carbocycles. The monoisotopic (exact) mass is 675 g/mol. The fraction of sp³-hybridized carbons (Fsp3) is 0.0938. The average molecular weight is 677 g/mol. The predicted octanol–water partition coefficient (Wildman–Crippen LogP) is 6.98. The minimum absolute atomic E-state index is 0.0992. The van der Waals surface area contributed by atoms with Gasteiger partial charge in [0.15, 0.2) is 23.0 Å². The Bertz CT molecular complexity index is 1960. The van der Waals surface area contributed by atoms with Crippen LogP contribution in [-0.2, 0) is 0 Å². The van der Waals surface area contributed by atoms with Crippen molar-refractivity contribution in [2.45, 2.75) is 0 Å². The number of carbonyl (C=O) groups excluding carboxylic acids is 2. The van der Waals surface area contributed by atoms with E-state index >= 15 is 0 Å². The highest BCUT2D eigenvalue weighted by Crippen LogP contribution is 2.43. The SMILES string of the molecule is COc1cc(C=NNC(=O)c2[nH]c3c(OC)ccc(Br)c3c2-c2ccccc2Cl)ccc1OC(=O)c1ccc2c(c1)OCO2. The van der Waals surface area contributed by atoms with E-state index in [9.17, 15) is 9.59 Å². The quantitative estimate of drug-likeness (QED) is 0.0788. The van der Waals surface area contributed by atoms with Gasteiger partial charge in [-0.3, -0.25) is 4.79 Å². The molecule has 6 rings (SSSR count). The van der Waals surface area contributed by atoms with Crippen molar-refractivity contribution in [3.05, 3.63) is 99.1 Å². The number of nitrogens with one attached hydrogen (secondary N) is 2. The van der Waals surface area contributed by atoms with Crippen LogP contribution in [0, 0.1) is 0 Å². The number of aromatic amines is 1. The molecule has 10 nitrogen and oxygen atoms in total. The van der Waals surface area contributed by atoms with Gasteiger partial charge in [-0.1, -0.05) is 45.7 Å². The average Bonchev–Trinajstić information content (AvgIpc) is 3.67. The molecule has 1 aromatic heterocycles. The first-order chi connectivity index (χ1) is 21.4. The van der Waals surface area contributed by atoms with Crippen molar-refractivity contribution in [3.63, 3.8) is 0 Å². The predicted molar refractivity (Wildman–Crippen MR) is 169 cm³/mol. The van der Waals surface area contributed by atoms with Crippen molar-refractivity contribution in [2.75, 3.05) is 21.0 Å². The van der Waals surface area contributed by atoms with Gasteiger partial charge >= 0.3 is 5.97 Å². The molecular formula is C32H23BrClN3O7. The van der Waals surface area contributed by atoms with Gasteiger partial charge < -0.3 is 28.7 Å². The van der Waals surface area contributed by atoms with Crippen LogP contribution in [0.1, 0.15) is 26.4 Å². The number of rotatable bonds is 8. The zero-order chi connectivity index (χ0) is 30.8. The second kappa shape index (κ2) is 12.3. The molecule has 1 amide bonds. The number of halogens is 2. The van der Waals surface area contributed by atoms with Crippen molar-refractivity contribution >= 4 is 56.5 Å². The molecule has 1 aliphatic rings. The second-order valence-electron chi connectivity index (χ2n) is 9.42. The Balaban J connectivity index is 1.23. The zero-order valence-electron chi connectivity index (χ0n) is 23.3. The fourth-order valence-electron chi connectivity index (χ4n) is 4.77. The Morgan fingerprint density at radius 2 is 1.73 bits per heavy atom. The number of nitrogens with zero attached hydrogens (tertiary/aromatic N) is 1. The molecule has 0 spiro atoms. The molecule has 0 atom stereocenters. The van der Waals surface area contributed by atoms with E-state index < -0.39 is 11.9 Å². The maximum atomic E-state index is 13.5. The minimum Gasteiger partial charge on any atom is -0.495 e. The first-order valence-corrected chi connectivity index (χ1v) is 14.3. The lowest BCUT2D eigenvalue weighted by Gasteiger charge is -2.10. The van der Waals surface area contributed by atoms with Gasteiger partial charge in [0.25, 0.3) is 5.91 Å². The van der Waals surface area contributed by atoms with Crippen LogP contribution in [0.4, 0.5) is 0 Å². The van der Waals surface area contributed by atoms with Crippen LogP contribution < -0.4 is 29.1 Å². The molecule has 1 aliphatic heterocycles. The third kappa shape index (κ3) is 5.54. The minimum atomic E-state index is -0.591. The number of H-pyrrole nitrogens is 1. The Morgan fingerprint density at radius 1 is 0.955 bits per heavy atom. The normalized spacial score (nSPS) is 12.0. The number of carbonyl (C=O) groups is 2. The third-order valence-electron chi connectivity index (χ3n) is 6.83. The van der Waals surface area contributed by atoms with Crippen molar-refractivity contribution in [1.82, 2.24) is 10.4 Å². The fourth-order valence-corrected chi connectivity index (χ4v) is 5.52. The Hall–Kier alpha value is -5.00. The van der Waals surface area contributed by atoms with Gasteiger partial charge in [-0.15, -0.1) is 0 Å². The maximum Gasteiger partial charge on any atom is 0.343 e. The van der Waals surface area contributed by atoms with Crippen molar-refractivity contribution in [1.29, 1.82) is 0 Å². The van der Waals surface area contributed by atoms with E-state index in [1.54, 1.807) is 55.6 Å². The molecule has 0 bridgehead atoms. The molecule has 0 saturated heterocycles. The summed E-state index contributed by atoms with van der Waals surface area (Å²) in [5, 5.41) is 5.36. The molecule has 12 heteroatoms. The topological polar surface area (TPSA) is 120 Å². The molecular weight excluding hydrogens is 654 g/mol. The Labute approximate surface area is 264 Å². The van der Waals surface area contributed by atoms with Crippen LogP contribution >= 0.6 is 27.5 Å². The van der Waals surface area contributed by atoms with Crippen LogP contribution in [0.3, 0.4) is 0 Å². The highest BCUT2D eigenvalue weighted by atomic mass is 79.9. The number of amides is 1. The summed E-state index contributed by atoms with van der Waals surface area (Å²) >= 11 is 10.2. The zero-order valence-corrected chi connectivity index (χ0v) is 25.6. The number of esters is 1. The maximum absolute atomic E-state index is 13.5. The van der Waals surface area contributed by atoms with Gasteiger partial charge in [-0.2, -0.15) is 5.10 Å². The van der Waals surface area contributed by atoms with E-state index in [0.29, 0.717) is 55.8 Å². The standard InChI is InChI=1S/C32H23BrClN3O7/c1-40-24-12-9-20(33)28-27(19-5-3-4-6-21(19)34)30(36-29(24)28)31(38)37-35-15-17-7-10-23(25(13-17)41-2)44-32(39)18-8-11-22-26(14-18)43-16-42-22/h3-15,36H,16H2,1-2H3,(H,37,38). The van der Waals surface area contributed by atoms with Crippen molar-refractivity contribution < 1.29 is 33.3 Å². The summed E-state index contributed by atoms with van der Waals surface area (Å²) in [4.78, 5) is 29.4. The van der Waals surface area contributed by atoms with Gasteiger partial charge in [0, 0.05) is 26.0 Å². The highest BCUT2D eigenvalue weighted by molar-refractivity contribution is 9.10. The largest absolute Gasteiger partial charge is 0.495 e. The van der Waals surface area contributed by atoms with Crippen LogP contribution in [-0.4, -0.2) is 44.1 Å². The van der Waals surface area contributed by atoms with E-state index in [0.717, 1.165) is 9.86 Å². The Kier molecular flexibility index (Phi) is 8.14. The third-order valence-corrected chi connectivity index (χ3v) is 7.83. The van der Waals surface area contributed by atoms with Crippen LogP contribution in [0.25, 0.3) is 22.0 Å². The number of fused-ring (bicyclic) bond motifs is 2. The lowest BCUT2D eigenvalue weighted by Crippen LogP contribution is -2.19. The summed E-state index contributed by atoms with van der Waals surface area (Å²) in [6.07, 6.45) is 1.44. The summed E-state index contributed by atoms with van der Waals surface area (Å²) < 4.78 is 27.9. The molecule has 222 valence electrons. The number of methoxy groups -OCH3 is 2. The number of hydrogen-bond acceptors (Lipinski definition) is 8. The van der Waals surface area contributed by atoms with Gasteiger partial charge in [0.05, 0.1) is 31.5 Å². The number of benzene rings is 4. The molecule has 2 N–H and O–H groups in total. The Morgan fingerprint density at radius 3 is 2.52 bits per heavy atom. The van der Waals surface area contributed by atoms with Crippen LogP contribution in [0.5, 0.6) is 28.7 Å². The summed E-state index contributed by atoms with van der Waals surface area (Å²) in [5.41, 5.74) is 5.59. The van der Waals surface area contributed by atoms with Gasteiger partial charge in [0.2, 0.25) is 6.79 Å². The number of hydrogen-bond donors (Lipinski definition) is 2. The highest BCUT2D eigenvalue weighted by Gasteiger charge is 2.24. The summed E-state index contributed by atoms with van der Waals surface area (Å²) in [5.74, 6) is 1.01. The van der Waals surface area contributed by atoms with E-state index in [1.807, 2.05) is 24.3 Å². The van der Waals surface area contributed by atoms with E-state index in [2.05, 4.69) is 31.4 Å². The van der Waals surface area contributed by atoms with Gasteiger partial charge in [-0.25, -0.2) is 10.2 Å². The van der Waals surface area contributed by atoms with Gasteiger partial charge in [0.1, 0.15) is 11.4 Å². The molecule has 0 radical (unpaired) electrons. The van der Waals surface area contributed by atoms with Crippen molar-refractivity contribution in [3.8, 4) is 39.9 Å².